The van der Waals surface area contributed by atoms with Crippen molar-refractivity contribution in [2.45, 2.75) is 32.4 Å². The molecule has 0 bridgehead atoms. The van der Waals surface area contributed by atoms with E-state index in [-0.39, 0.29) is 6.61 Å². The van der Waals surface area contributed by atoms with Crippen LogP contribution < -0.4 is 16.6 Å². The number of amides is 2. The maximum atomic E-state index is 11.1. The van der Waals surface area contributed by atoms with Gasteiger partial charge < -0.3 is 15.2 Å². The topological polar surface area (TPSA) is 114 Å². The van der Waals surface area contributed by atoms with Gasteiger partial charge in [-0.1, -0.05) is 0 Å². The molecule has 0 aromatic heterocycles. The zero-order valence-electron chi connectivity index (χ0n) is 9.03. The summed E-state index contributed by atoms with van der Waals surface area (Å²) < 4.78 is 5.27. The SMILES string of the molecule is CC(C)(C)OCC(NC(=O)O)C(=O)NN. The molecule has 0 radical (unpaired) electrons. The van der Waals surface area contributed by atoms with Gasteiger partial charge in [-0.25, -0.2) is 10.6 Å². The average Bonchev–Trinajstić information content (AvgIpc) is 2.09. The first-order valence-corrected chi connectivity index (χ1v) is 4.40. The lowest BCUT2D eigenvalue weighted by atomic mass is 10.2. The minimum Gasteiger partial charge on any atom is -0.465 e. The maximum absolute atomic E-state index is 11.1. The number of hydrogen-bond acceptors (Lipinski definition) is 4. The van der Waals surface area contributed by atoms with Gasteiger partial charge in [-0.2, -0.15) is 0 Å². The first-order chi connectivity index (χ1) is 6.76. The second-order valence-corrected chi connectivity index (χ2v) is 3.93. The van der Waals surface area contributed by atoms with Gasteiger partial charge in [0.15, 0.2) is 0 Å². The standard InChI is InChI=1S/C8H17N3O4/c1-8(2,3)15-4-5(6(12)11-9)10-7(13)14/h5,10H,4,9H2,1-3H3,(H,11,12)(H,13,14). The Bertz CT molecular complexity index is 237. The zero-order chi connectivity index (χ0) is 12.1. The molecule has 1 atom stereocenters. The Labute approximate surface area is 87.9 Å². The lowest BCUT2D eigenvalue weighted by molar-refractivity contribution is -0.126. The first-order valence-electron chi connectivity index (χ1n) is 4.40. The van der Waals surface area contributed by atoms with E-state index in [4.69, 9.17) is 15.7 Å². The number of carbonyl (C=O) groups excluding carboxylic acids is 1. The van der Waals surface area contributed by atoms with E-state index >= 15 is 0 Å². The van der Waals surface area contributed by atoms with Crippen LogP contribution in [0.4, 0.5) is 4.79 Å². The maximum Gasteiger partial charge on any atom is 0.405 e. The number of carbonyl (C=O) groups is 2. The lowest BCUT2D eigenvalue weighted by Gasteiger charge is -2.23. The Morgan fingerprint density at radius 2 is 2.00 bits per heavy atom. The third-order valence-corrected chi connectivity index (χ3v) is 1.44. The van der Waals surface area contributed by atoms with Gasteiger partial charge in [0, 0.05) is 0 Å². The molecule has 0 saturated carbocycles. The van der Waals surface area contributed by atoms with Crippen molar-refractivity contribution < 1.29 is 19.4 Å². The van der Waals surface area contributed by atoms with Gasteiger partial charge in [-0.15, -0.1) is 0 Å². The van der Waals surface area contributed by atoms with E-state index < -0.39 is 23.6 Å². The minimum absolute atomic E-state index is 0.0706. The van der Waals surface area contributed by atoms with Crippen LogP contribution in [-0.2, 0) is 9.53 Å². The Morgan fingerprint density at radius 3 is 2.33 bits per heavy atom. The summed E-state index contributed by atoms with van der Waals surface area (Å²) in [6.07, 6.45) is -1.30. The summed E-state index contributed by atoms with van der Waals surface area (Å²) >= 11 is 0. The van der Waals surface area contributed by atoms with Gasteiger partial charge >= 0.3 is 6.09 Å². The van der Waals surface area contributed by atoms with Crippen LogP contribution in [0.15, 0.2) is 0 Å². The summed E-state index contributed by atoms with van der Waals surface area (Å²) in [6, 6.07) is -1.01. The molecule has 0 aromatic carbocycles. The highest BCUT2D eigenvalue weighted by Gasteiger charge is 2.22. The molecule has 88 valence electrons. The van der Waals surface area contributed by atoms with Crippen molar-refractivity contribution in [1.82, 2.24) is 10.7 Å². The third-order valence-electron chi connectivity index (χ3n) is 1.44. The Morgan fingerprint density at radius 1 is 1.47 bits per heavy atom. The van der Waals surface area contributed by atoms with E-state index in [0.717, 1.165) is 0 Å². The number of nitrogens with one attached hydrogen (secondary N) is 2. The molecule has 7 heteroatoms. The number of hydrazine groups is 1. The quantitative estimate of drug-likeness (QED) is 0.287. The molecule has 0 heterocycles. The van der Waals surface area contributed by atoms with Crippen molar-refractivity contribution in [3.8, 4) is 0 Å². The summed E-state index contributed by atoms with van der Waals surface area (Å²) in [5.74, 6) is 4.26. The monoisotopic (exact) mass is 219 g/mol. The van der Waals surface area contributed by atoms with Crippen molar-refractivity contribution in [3.63, 3.8) is 0 Å². The fraction of sp³-hybridized carbons (Fsp3) is 0.750. The largest absolute Gasteiger partial charge is 0.465 e. The fourth-order valence-corrected chi connectivity index (χ4v) is 0.766. The van der Waals surface area contributed by atoms with Crippen LogP contribution in [0.5, 0.6) is 0 Å². The molecular formula is C8H17N3O4. The van der Waals surface area contributed by atoms with E-state index in [1.165, 1.54) is 0 Å². The number of nitrogens with two attached hydrogens (primary N) is 1. The van der Waals surface area contributed by atoms with E-state index in [9.17, 15) is 9.59 Å². The van der Waals surface area contributed by atoms with Crippen molar-refractivity contribution in [3.05, 3.63) is 0 Å². The molecule has 15 heavy (non-hydrogen) atoms. The molecular weight excluding hydrogens is 202 g/mol. The number of hydrogen-bond donors (Lipinski definition) is 4. The van der Waals surface area contributed by atoms with E-state index in [0.29, 0.717) is 0 Å². The molecule has 5 N–H and O–H groups in total. The van der Waals surface area contributed by atoms with Gasteiger partial charge in [-0.3, -0.25) is 10.2 Å². The van der Waals surface area contributed by atoms with Gasteiger partial charge in [-0.05, 0) is 20.8 Å². The van der Waals surface area contributed by atoms with Gasteiger partial charge in [0.1, 0.15) is 6.04 Å². The Kier molecular flexibility index (Phi) is 5.03. The molecule has 1 unspecified atom stereocenters. The predicted octanol–water partition coefficient (Wildman–Crippen LogP) is -0.572. The molecule has 0 saturated heterocycles. The fourth-order valence-electron chi connectivity index (χ4n) is 0.766. The van der Waals surface area contributed by atoms with Crippen molar-refractivity contribution >= 4 is 12.0 Å². The number of ether oxygens (including phenoxy) is 1. The van der Waals surface area contributed by atoms with Gasteiger partial charge in [0.2, 0.25) is 0 Å². The number of carboxylic acid groups (broad SMARTS) is 1. The molecule has 2 amide bonds. The normalized spacial score (nSPS) is 13.1. The second-order valence-electron chi connectivity index (χ2n) is 3.93. The molecule has 7 nitrogen and oxygen atoms in total. The summed E-state index contributed by atoms with van der Waals surface area (Å²) in [6.45, 7) is 5.32. The number of rotatable bonds is 4. The van der Waals surface area contributed by atoms with Gasteiger partial charge in [0.05, 0.1) is 12.2 Å². The van der Waals surface area contributed by atoms with E-state index in [2.05, 4.69) is 0 Å². The van der Waals surface area contributed by atoms with Crippen LogP contribution >= 0.6 is 0 Å². The molecule has 0 spiro atoms. The smallest absolute Gasteiger partial charge is 0.405 e. The molecule has 0 aliphatic heterocycles. The average molecular weight is 219 g/mol. The van der Waals surface area contributed by atoms with Gasteiger partial charge in [0.25, 0.3) is 5.91 Å². The lowest BCUT2D eigenvalue weighted by Crippen LogP contribution is -2.51. The van der Waals surface area contributed by atoms with Crippen LogP contribution in [0.1, 0.15) is 20.8 Å². The minimum atomic E-state index is -1.30. The zero-order valence-corrected chi connectivity index (χ0v) is 9.03. The van der Waals surface area contributed by atoms with Crippen LogP contribution in [0.3, 0.4) is 0 Å². The van der Waals surface area contributed by atoms with E-state index in [1.54, 1.807) is 20.8 Å². The van der Waals surface area contributed by atoms with Crippen LogP contribution in [0.25, 0.3) is 0 Å². The molecule has 0 aliphatic carbocycles. The first kappa shape index (κ1) is 13.7. The summed E-state index contributed by atoms with van der Waals surface area (Å²) in [4.78, 5) is 21.5. The molecule has 0 aromatic rings. The van der Waals surface area contributed by atoms with Crippen molar-refractivity contribution in [2.24, 2.45) is 5.84 Å². The predicted molar refractivity (Wildman–Crippen MR) is 53.0 cm³/mol. The van der Waals surface area contributed by atoms with Crippen molar-refractivity contribution in [1.29, 1.82) is 0 Å². The molecule has 0 fully saturated rings. The highest BCUT2D eigenvalue weighted by Crippen LogP contribution is 2.07. The Balaban J connectivity index is 4.25. The Hall–Kier alpha value is -1.34. The third kappa shape index (κ3) is 6.69. The molecule has 0 rings (SSSR count). The summed E-state index contributed by atoms with van der Waals surface area (Å²) in [5.41, 5.74) is 1.41. The van der Waals surface area contributed by atoms with Crippen LogP contribution in [0.2, 0.25) is 0 Å². The second kappa shape index (κ2) is 5.52. The summed E-state index contributed by atoms with van der Waals surface area (Å²) in [7, 11) is 0. The van der Waals surface area contributed by atoms with Crippen LogP contribution in [0, 0.1) is 0 Å². The van der Waals surface area contributed by atoms with E-state index in [1.807, 2.05) is 10.7 Å². The molecule has 0 aliphatic rings. The summed E-state index contributed by atoms with van der Waals surface area (Å²) in [5, 5.41) is 10.5. The van der Waals surface area contributed by atoms with Crippen molar-refractivity contribution in [2.75, 3.05) is 6.61 Å². The van der Waals surface area contributed by atoms with Crippen LogP contribution in [-0.4, -0.2) is 35.4 Å². The highest BCUT2D eigenvalue weighted by atomic mass is 16.5. The highest BCUT2D eigenvalue weighted by molar-refractivity contribution is 5.84.